The van der Waals surface area contributed by atoms with E-state index in [-0.39, 0.29) is 37.9 Å². The summed E-state index contributed by atoms with van der Waals surface area (Å²) < 4.78 is 18.6. The fourth-order valence-electron chi connectivity index (χ4n) is 8.49. The number of amides is 3. The molecule has 0 saturated carbocycles. The number of carbonyl (C=O) groups is 4. The van der Waals surface area contributed by atoms with Crippen LogP contribution in [0.1, 0.15) is 54.5 Å². The highest BCUT2D eigenvalue weighted by atomic mass is 16.6. The average molecular weight is 736 g/mol. The Morgan fingerprint density at radius 1 is 1.00 bits per heavy atom. The first-order chi connectivity index (χ1) is 26.3. The Balaban J connectivity index is 1.38. The number of aliphatic hydroxyl groups is 1. The van der Waals surface area contributed by atoms with E-state index in [1.165, 1.54) is 12.0 Å². The molecule has 3 amide bonds. The molecular formula is C43H49N3O8. The minimum Gasteiger partial charge on any atom is -0.455 e. The van der Waals surface area contributed by atoms with Gasteiger partial charge in [0, 0.05) is 26.6 Å². The molecule has 0 unspecified atom stereocenters. The zero-order valence-corrected chi connectivity index (χ0v) is 30.6. The largest absolute Gasteiger partial charge is 0.455 e. The molecule has 8 atom stereocenters. The van der Waals surface area contributed by atoms with Crippen molar-refractivity contribution in [1.29, 1.82) is 0 Å². The molecule has 0 aliphatic carbocycles. The first-order valence-corrected chi connectivity index (χ1v) is 18.5. The number of nitrogens with zero attached hydrogens (tertiary/aromatic N) is 2. The molecule has 11 heteroatoms. The third-order valence-corrected chi connectivity index (χ3v) is 10.8. The first kappa shape index (κ1) is 38.6. The maximum atomic E-state index is 15.0. The number of aliphatic hydroxyl groups excluding tert-OH is 1. The number of allylic oxidation sites excluding steroid dienone is 1. The van der Waals surface area contributed by atoms with E-state index in [4.69, 9.17) is 14.2 Å². The third kappa shape index (κ3) is 7.62. The lowest BCUT2D eigenvalue weighted by Crippen LogP contribution is -2.57. The van der Waals surface area contributed by atoms with Crippen molar-refractivity contribution in [3.63, 3.8) is 0 Å². The molecule has 3 fully saturated rings. The highest BCUT2D eigenvalue weighted by molar-refractivity contribution is 5.98. The fraction of sp³-hybridized carbons (Fsp3) is 0.395. The molecule has 3 aromatic rings. The van der Waals surface area contributed by atoms with E-state index >= 15 is 4.79 Å². The van der Waals surface area contributed by atoms with Crippen LogP contribution < -0.4 is 5.32 Å². The second-order valence-electron chi connectivity index (χ2n) is 14.1. The summed E-state index contributed by atoms with van der Waals surface area (Å²) in [5.41, 5.74) is 0.821. The predicted octanol–water partition coefficient (Wildman–Crippen LogP) is 4.69. The fourth-order valence-corrected chi connectivity index (χ4v) is 8.49. The Morgan fingerprint density at radius 2 is 1.65 bits per heavy atom. The molecule has 2 bridgehead atoms. The summed E-state index contributed by atoms with van der Waals surface area (Å²) >= 11 is 0. The van der Waals surface area contributed by atoms with Gasteiger partial charge in [-0.15, -0.1) is 13.2 Å². The quantitative estimate of drug-likeness (QED) is 0.142. The van der Waals surface area contributed by atoms with Crippen molar-refractivity contribution in [2.24, 2.45) is 11.8 Å². The number of rotatable bonds is 18. The molecule has 11 nitrogen and oxygen atoms in total. The van der Waals surface area contributed by atoms with Gasteiger partial charge in [0.1, 0.15) is 17.7 Å². The second-order valence-corrected chi connectivity index (χ2v) is 14.1. The number of methoxy groups -OCH3 is 1. The Morgan fingerprint density at radius 3 is 2.26 bits per heavy atom. The first-order valence-electron chi connectivity index (χ1n) is 18.5. The molecule has 3 aliphatic rings. The summed E-state index contributed by atoms with van der Waals surface area (Å²) in [4.78, 5) is 60.7. The van der Waals surface area contributed by atoms with Crippen LogP contribution in [0.15, 0.2) is 116 Å². The SMILES string of the molecule is C=CCCC(=O)N[C@@H](COC)[C@@H](OC(=O)[C@@H]1[C@@H]2CC[C@]3(O2)[C@H](C(=O)N(CC=C)Cc2ccccc2)N([C@H](CO)c2ccccc2)C(=O)[C@@H]13)c1ccccc1. The molecular weight excluding hydrogens is 686 g/mol. The van der Waals surface area contributed by atoms with E-state index in [0.717, 1.165) is 5.56 Å². The Hall–Kier alpha value is -5.10. The summed E-state index contributed by atoms with van der Waals surface area (Å²) in [6.45, 7) is 7.64. The molecule has 3 aliphatic heterocycles. The number of hydrogen-bond donors (Lipinski definition) is 2. The van der Waals surface area contributed by atoms with Crippen LogP contribution in [0.25, 0.3) is 0 Å². The zero-order chi connectivity index (χ0) is 38.2. The van der Waals surface area contributed by atoms with E-state index in [2.05, 4.69) is 18.5 Å². The van der Waals surface area contributed by atoms with Crippen LogP contribution in [0.2, 0.25) is 0 Å². The predicted molar refractivity (Wildman–Crippen MR) is 201 cm³/mol. The number of esters is 1. The molecule has 54 heavy (non-hydrogen) atoms. The van der Waals surface area contributed by atoms with E-state index in [1.807, 2.05) is 66.7 Å². The molecule has 284 valence electrons. The number of nitrogens with one attached hydrogen (secondary N) is 1. The van der Waals surface area contributed by atoms with Crippen molar-refractivity contribution in [3.05, 3.63) is 133 Å². The van der Waals surface area contributed by atoms with Gasteiger partial charge in [-0.3, -0.25) is 19.2 Å². The molecule has 3 aromatic carbocycles. The summed E-state index contributed by atoms with van der Waals surface area (Å²) in [6, 6.07) is 24.9. The van der Waals surface area contributed by atoms with Gasteiger partial charge in [-0.1, -0.05) is 103 Å². The highest BCUT2D eigenvalue weighted by Crippen LogP contribution is 2.60. The number of likely N-dealkylation sites (tertiary alicyclic amines) is 1. The summed E-state index contributed by atoms with van der Waals surface area (Å²) in [5, 5.41) is 13.9. The number of benzene rings is 3. The van der Waals surface area contributed by atoms with Gasteiger partial charge in [-0.2, -0.15) is 0 Å². The van der Waals surface area contributed by atoms with E-state index in [0.29, 0.717) is 30.4 Å². The molecule has 6 rings (SSSR count). The molecule has 0 aromatic heterocycles. The summed E-state index contributed by atoms with van der Waals surface area (Å²) in [7, 11) is 1.50. The highest BCUT2D eigenvalue weighted by Gasteiger charge is 2.76. The van der Waals surface area contributed by atoms with Crippen molar-refractivity contribution in [2.75, 3.05) is 26.9 Å². The van der Waals surface area contributed by atoms with Crippen molar-refractivity contribution in [3.8, 4) is 0 Å². The van der Waals surface area contributed by atoms with Crippen LogP contribution in [0.5, 0.6) is 0 Å². The van der Waals surface area contributed by atoms with Crippen LogP contribution in [0.3, 0.4) is 0 Å². The topological polar surface area (TPSA) is 135 Å². The van der Waals surface area contributed by atoms with Crippen molar-refractivity contribution < 1.29 is 38.5 Å². The Kier molecular flexibility index (Phi) is 12.4. The van der Waals surface area contributed by atoms with Crippen LogP contribution in [0, 0.1) is 11.8 Å². The lowest BCUT2D eigenvalue weighted by atomic mass is 9.70. The van der Waals surface area contributed by atoms with E-state index in [1.54, 1.807) is 41.3 Å². The normalized spacial score (nSPS) is 24.3. The Labute approximate surface area is 316 Å². The van der Waals surface area contributed by atoms with Crippen molar-refractivity contribution >= 4 is 23.7 Å². The summed E-state index contributed by atoms with van der Waals surface area (Å²) in [6.07, 6.45) is 3.10. The van der Waals surface area contributed by atoms with Gasteiger partial charge in [0.05, 0.1) is 43.2 Å². The second kappa shape index (κ2) is 17.4. The number of fused-ring (bicyclic) bond motifs is 1. The van der Waals surface area contributed by atoms with Gasteiger partial charge in [0.2, 0.25) is 17.7 Å². The van der Waals surface area contributed by atoms with Gasteiger partial charge in [-0.05, 0) is 36.0 Å². The van der Waals surface area contributed by atoms with E-state index < -0.39 is 66.3 Å². The van der Waals surface area contributed by atoms with Crippen molar-refractivity contribution in [2.45, 2.75) is 68.2 Å². The lowest BCUT2D eigenvalue weighted by Gasteiger charge is -2.39. The molecule has 3 heterocycles. The number of ether oxygens (including phenoxy) is 3. The molecule has 3 saturated heterocycles. The monoisotopic (exact) mass is 735 g/mol. The smallest absolute Gasteiger partial charge is 0.313 e. The van der Waals surface area contributed by atoms with Gasteiger partial charge < -0.3 is 34.4 Å². The standard InChI is InChI=1S/C43H49N3O8/c1-4-6-22-35(48)44-32(28-52-3)38(31-20-14-9-15-21-31)53-42(51)36-34-23-24-43(54-34)37(36)40(49)46(33(27-47)30-18-12-8-13-19-30)39(43)41(50)45(25-5-2)26-29-16-10-7-11-17-29/h4-5,7-21,32-34,36-39,47H,1-2,6,22-28H2,3H3,(H,44,48)/t32-,33+,34-,36+,37+,38-,39-,43+/m0/s1. The minimum absolute atomic E-state index is 0.0454. The zero-order valence-electron chi connectivity index (χ0n) is 30.6. The Bertz CT molecular complexity index is 1790. The van der Waals surface area contributed by atoms with Crippen molar-refractivity contribution in [1.82, 2.24) is 15.1 Å². The minimum atomic E-state index is -1.35. The molecule has 0 radical (unpaired) electrons. The number of carbonyl (C=O) groups excluding carboxylic acids is 4. The summed E-state index contributed by atoms with van der Waals surface area (Å²) in [5.74, 6) is -3.85. The molecule has 1 spiro atoms. The van der Waals surface area contributed by atoms with Crippen LogP contribution in [0.4, 0.5) is 0 Å². The van der Waals surface area contributed by atoms with Gasteiger partial charge in [0.15, 0.2) is 0 Å². The molecule has 2 N–H and O–H groups in total. The average Bonchev–Trinajstić information content (AvgIpc) is 3.84. The van der Waals surface area contributed by atoms with E-state index in [9.17, 15) is 19.5 Å². The van der Waals surface area contributed by atoms with Gasteiger partial charge in [-0.25, -0.2) is 0 Å². The van der Waals surface area contributed by atoms with Crippen LogP contribution >= 0.6 is 0 Å². The third-order valence-electron chi connectivity index (χ3n) is 10.8. The van der Waals surface area contributed by atoms with Gasteiger partial charge in [0.25, 0.3) is 0 Å². The maximum Gasteiger partial charge on any atom is 0.313 e. The maximum absolute atomic E-state index is 15.0. The van der Waals surface area contributed by atoms with Crippen LogP contribution in [-0.4, -0.2) is 89.3 Å². The lowest BCUT2D eigenvalue weighted by molar-refractivity contribution is -0.163. The van der Waals surface area contributed by atoms with Crippen LogP contribution in [-0.2, 0) is 39.9 Å². The van der Waals surface area contributed by atoms with Gasteiger partial charge >= 0.3 is 5.97 Å². The number of hydrogen-bond acceptors (Lipinski definition) is 8.